The van der Waals surface area contributed by atoms with Gasteiger partial charge in [-0.3, -0.25) is 0 Å². The van der Waals surface area contributed by atoms with Crippen molar-refractivity contribution in [3.05, 3.63) is 0 Å². The predicted octanol–water partition coefficient (Wildman–Crippen LogP) is 0.866. The third-order valence-electron chi connectivity index (χ3n) is 3.18. The van der Waals surface area contributed by atoms with Crippen LogP contribution < -0.4 is 11.1 Å². The second-order valence-corrected chi connectivity index (χ2v) is 4.04. The maximum absolute atomic E-state index is 5.91. The van der Waals surface area contributed by atoms with E-state index in [1.54, 1.807) is 0 Å². The molecular formula is C9H18N2. The van der Waals surface area contributed by atoms with Crippen molar-refractivity contribution in [3.8, 4) is 0 Å². The first-order chi connectivity index (χ1) is 5.36. The average Bonchev–Trinajstić information content (AvgIpc) is 2.04. The van der Waals surface area contributed by atoms with Crippen LogP contribution in [-0.4, -0.2) is 18.6 Å². The van der Waals surface area contributed by atoms with Crippen molar-refractivity contribution >= 4 is 0 Å². The van der Waals surface area contributed by atoms with E-state index in [2.05, 4.69) is 5.32 Å². The molecule has 2 aliphatic rings. The van der Waals surface area contributed by atoms with Gasteiger partial charge in [0.15, 0.2) is 0 Å². The van der Waals surface area contributed by atoms with Gasteiger partial charge in [-0.05, 0) is 44.6 Å². The zero-order chi connectivity index (χ0) is 7.68. The number of rotatable bonds is 0. The molecule has 0 spiro atoms. The van der Waals surface area contributed by atoms with Crippen LogP contribution in [0.2, 0.25) is 0 Å². The summed E-state index contributed by atoms with van der Waals surface area (Å²) in [5.41, 5.74) is 5.91. The van der Waals surface area contributed by atoms with Gasteiger partial charge < -0.3 is 11.1 Å². The summed E-state index contributed by atoms with van der Waals surface area (Å²) in [5.74, 6) is 0.896. The summed E-state index contributed by atoms with van der Waals surface area (Å²) in [6, 6.07) is 1.31. The Balaban J connectivity index is 1.93. The third kappa shape index (κ3) is 1.57. The molecule has 0 unspecified atom stereocenters. The first-order valence-electron chi connectivity index (χ1n) is 4.85. The van der Waals surface area contributed by atoms with E-state index in [9.17, 15) is 0 Å². The SMILES string of the molecule is N[C@@H]1CC[C@H]2NCCC[C@H]2C1. The van der Waals surface area contributed by atoms with Gasteiger partial charge in [-0.2, -0.15) is 0 Å². The molecule has 0 radical (unpaired) electrons. The van der Waals surface area contributed by atoms with E-state index in [1.807, 2.05) is 0 Å². The minimum Gasteiger partial charge on any atom is -0.328 e. The van der Waals surface area contributed by atoms with Crippen molar-refractivity contribution in [1.82, 2.24) is 5.32 Å². The van der Waals surface area contributed by atoms with Crippen LogP contribution in [0.25, 0.3) is 0 Å². The molecule has 2 nitrogen and oxygen atoms in total. The molecule has 0 bridgehead atoms. The number of nitrogens with two attached hydrogens (primary N) is 1. The molecule has 11 heavy (non-hydrogen) atoms. The van der Waals surface area contributed by atoms with Gasteiger partial charge in [0.05, 0.1) is 0 Å². The lowest BCUT2D eigenvalue weighted by atomic mass is 9.77. The molecule has 2 fully saturated rings. The summed E-state index contributed by atoms with van der Waals surface area (Å²) >= 11 is 0. The Morgan fingerprint density at radius 2 is 2.09 bits per heavy atom. The van der Waals surface area contributed by atoms with Gasteiger partial charge in [0.1, 0.15) is 0 Å². The van der Waals surface area contributed by atoms with Gasteiger partial charge in [0, 0.05) is 12.1 Å². The summed E-state index contributed by atoms with van der Waals surface area (Å²) in [6.45, 7) is 1.23. The Kier molecular flexibility index (Phi) is 2.14. The van der Waals surface area contributed by atoms with Crippen LogP contribution in [0.5, 0.6) is 0 Å². The lowest BCUT2D eigenvalue weighted by Gasteiger charge is -2.38. The Morgan fingerprint density at radius 3 is 3.00 bits per heavy atom. The monoisotopic (exact) mass is 154 g/mol. The summed E-state index contributed by atoms with van der Waals surface area (Å²) in [7, 11) is 0. The van der Waals surface area contributed by atoms with E-state index < -0.39 is 0 Å². The van der Waals surface area contributed by atoms with E-state index in [-0.39, 0.29) is 0 Å². The second kappa shape index (κ2) is 3.11. The van der Waals surface area contributed by atoms with Crippen molar-refractivity contribution in [1.29, 1.82) is 0 Å². The number of fused-ring (bicyclic) bond motifs is 1. The fraction of sp³-hybridized carbons (Fsp3) is 1.00. The number of piperidine rings is 1. The fourth-order valence-electron chi connectivity index (χ4n) is 2.54. The Bertz CT molecular complexity index is 136. The molecule has 0 aromatic carbocycles. The Labute approximate surface area is 68.5 Å². The molecule has 0 aromatic heterocycles. The maximum Gasteiger partial charge on any atom is 0.00964 e. The van der Waals surface area contributed by atoms with Crippen LogP contribution in [-0.2, 0) is 0 Å². The number of nitrogens with one attached hydrogen (secondary N) is 1. The quantitative estimate of drug-likeness (QED) is 0.543. The second-order valence-electron chi connectivity index (χ2n) is 4.04. The van der Waals surface area contributed by atoms with E-state index in [0.717, 1.165) is 12.0 Å². The molecule has 1 saturated carbocycles. The van der Waals surface area contributed by atoms with Crippen LogP contribution in [0.4, 0.5) is 0 Å². The zero-order valence-electron chi connectivity index (χ0n) is 7.05. The van der Waals surface area contributed by atoms with E-state index in [1.165, 1.54) is 38.6 Å². The van der Waals surface area contributed by atoms with Crippen LogP contribution in [0, 0.1) is 5.92 Å². The summed E-state index contributed by atoms with van der Waals surface area (Å²) in [5, 5.41) is 3.59. The van der Waals surface area contributed by atoms with Crippen LogP contribution in [0.3, 0.4) is 0 Å². The predicted molar refractivity (Wildman–Crippen MR) is 46.3 cm³/mol. The molecule has 0 amide bonds. The highest BCUT2D eigenvalue weighted by Gasteiger charge is 2.30. The van der Waals surface area contributed by atoms with Gasteiger partial charge in [-0.25, -0.2) is 0 Å². The molecular weight excluding hydrogens is 136 g/mol. The van der Waals surface area contributed by atoms with Crippen LogP contribution in [0.1, 0.15) is 32.1 Å². The average molecular weight is 154 g/mol. The van der Waals surface area contributed by atoms with Crippen molar-refractivity contribution in [2.75, 3.05) is 6.54 Å². The largest absolute Gasteiger partial charge is 0.328 e. The van der Waals surface area contributed by atoms with E-state index >= 15 is 0 Å². The van der Waals surface area contributed by atoms with E-state index in [0.29, 0.717) is 6.04 Å². The van der Waals surface area contributed by atoms with Crippen molar-refractivity contribution in [3.63, 3.8) is 0 Å². The first-order valence-corrected chi connectivity index (χ1v) is 4.85. The van der Waals surface area contributed by atoms with E-state index in [4.69, 9.17) is 5.73 Å². The van der Waals surface area contributed by atoms with Crippen molar-refractivity contribution in [2.24, 2.45) is 11.7 Å². The standard InChI is InChI=1S/C9H18N2/c10-8-3-4-9-7(6-8)2-1-5-11-9/h7-9,11H,1-6,10H2/t7-,8+,9+/m0/s1. The van der Waals surface area contributed by atoms with Gasteiger partial charge in [-0.15, -0.1) is 0 Å². The Hall–Kier alpha value is -0.0800. The third-order valence-corrected chi connectivity index (χ3v) is 3.18. The van der Waals surface area contributed by atoms with Gasteiger partial charge >= 0.3 is 0 Å². The fourth-order valence-corrected chi connectivity index (χ4v) is 2.54. The van der Waals surface area contributed by atoms with Gasteiger partial charge in [0.25, 0.3) is 0 Å². The highest BCUT2D eigenvalue weighted by molar-refractivity contribution is 4.88. The van der Waals surface area contributed by atoms with Crippen molar-refractivity contribution in [2.45, 2.75) is 44.2 Å². The topological polar surface area (TPSA) is 38.0 Å². The van der Waals surface area contributed by atoms with Crippen LogP contribution >= 0.6 is 0 Å². The minimum absolute atomic E-state index is 0.496. The molecule has 1 aliphatic heterocycles. The summed E-state index contributed by atoms with van der Waals surface area (Å²) in [4.78, 5) is 0. The lowest BCUT2D eigenvalue weighted by Crippen LogP contribution is -2.47. The number of hydrogen-bond acceptors (Lipinski definition) is 2. The minimum atomic E-state index is 0.496. The smallest absolute Gasteiger partial charge is 0.00964 e. The summed E-state index contributed by atoms with van der Waals surface area (Å²) < 4.78 is 0. The molecule has 3 atom stereocenters. The lowest BCUT2D eigenvalue weighted by molar-refractivity contribution is 0.195. The van der Waals surface area contributed by atoms with Crippen molar-refractivity contribution < 1.29 is 0 Å². The molecule has 2 rings (SSSR count). The molecule has 3 N–H and O–H groups in total. The molecule has 0 aromatic rings. The highest BCUT2D eigenvalue weighted by atomic mass is 14.9. The molecule has 1 heterocycles. The van der Waals surface area contributed by atoms with Crippen LogP contribution in [0.15, 0.2) is 0 Å². The highest BCUT2D eigenvalue weighted by Crippen LogP contribution is 2.29. The summed E-state index contributed by atoms with van der Waals surface area (Å²) in [6.07, 6.45) is 6.57. The normalized spacial score (nSPS) is 45.0. The van der Waals surface area contributed by atoms with Gasteiger partial charge in [0.2, 0.25) is 0 Å². The Morgan fingerprint density at radius 1 is 1.18 bits per heavy atom. The maximum atomic E-state index is 5.91. The number of hydrogen-bond donors (Lipinski definition) is 2. The zero-order valence-corrected chi connectivity index (χ0v) is 7.05. The molecule has 64 valence electrons. The molecule has 2 heteroatoms. The molecule has 1 aliphatic carbocycles. The molecule has 1 saturated heterocycles. The first kappa shape index (κ1) is 7.56. The van der Waals surface area contributed by atoms with Gasteiger partial charge in [-0.1, -0.05) is 0 Å².